The number of amidine groups is 1. The first-order valence-corrected chi connectivity index (χ1v) is 5.10. The Morgan fingerprint density at radius 2 is 1.59 bits per heavy atom. The third-order valence-electron chi connectivity index (χ3n) is 2.43. The third kappa shape index (κ3) is 2.40. The van der Waals surface area contributed by atoms with E-state index >= 15 is 0 Å². The van der Waals surface area contributed by atoms with E-state index in [-0.39, 0.29) is 6.07 Å². The summed E-state index contributed by atoms with van der Waals surface area (Å²) in [5, 5.41) is 7.59. The van der Waals surface area contributed by atoms with Crippen LogP contribution in [0.2, 0.25) is 0 Å². The van der Waals surface area contributed by atoms with Crippen molar-refractivity contribution in [3.8, 4) is 0 Å². The summed E-state index contributed by atoms with van der Waals surface area (Å²) in [7, 11) is 0. The van der Waals surface area contributed by atoms with E-state index in [4.69, 9.17) is 5.41 Å². The summed E-state index contributed by atoms with van der Waals surface area (Å²) in [5.41, 5.74) is -0.840. The minimum atomic E-state index is -1.77. The molecule has 6 heteroatoms. The molecule has 0 radical (unpaired) electrons. The lowest BCUT2D eigenvalue weighted by molar-refractivity contribution is 0.421. The zero-order valence-corrected chi connectivity index (χ0v) is 9.45. The summed E-state index contributed by atoms with van der Waals surface area (Å²) >= 11 is 0. The largest absolute Gasteiger partial charge is 0.357 e. The van der Waals surface area contributed by atoms with Crippen LogP contribution in [0.1, 0.15) is 19.4 Å². The molecule has 94 valence electrons. The maximum absolute atomic E-state index is 13.4. The fourth-order valence-corrected chi connectivity index (χ4v) is 1.48. The van der Waals surface area contributed by atoms with Crippen LogP contribution in [0.3, 0.4) is 0 Å². The van der Waals surface area contributed by atoms with Gasteiger partial charge in [0.1, 0.15) is 11.7 Å². The monoisotopic (exact) mass is 248 g/mol. The van der Waals surface area contributed by atoms with Gasteiger partial charge in [0.05, 0.1) is 5.56 Å². The summed E-state index contributed by atoms with van der Waals surface area (Å²) < 4.78 is 52.4. The first-order chi connectivity index (χ1) is 7.93. The molecule has 1 aromatic rings. The number of nitrogens with one attached hydrogen (secondary N) is 1. The topological polar surface area (TPSA) is 27.1 Å². The average Bonchev–Trinajstić information content (AvgIpc) is 2.28. The number of halogens is 4. The van der Waals surface area contributed by atoms with E-state index < -0.39 is 34.7 Å². The Labute approximate surface area is 96.4 Å². The Morgan fingerprint density at radius 3 is 2.06 bits per heavy atom. The second-order valence-corrected chi connectivity index (χ2v) is 3.36. The molecule has 1 aromatic carbocycles. The predicted molar refractivity (Wildman–Crippen MR) is 56.0 cm³/mol. The van der Waals surface area contributed by atoms with Crippen molar-refractivity contribution in [2.75, 3.05) is 13.1 Å². The molecule has 2 nitrogen and oxygen atoms in total. The molecule has 0 aliphatic rings. The van der Waals surface area contributed by atoms with Crippen LogP contribution in [0.25, 0.3) is 0 Å². The number of hydrogen-bond acceptors (Lipinski definition) is 1. The molecule has 0 bridgehead atoms. The number of rotatable bonds is 3. The van der Waals surface area contributed by atoms with Gasteiger partial charge in [0.2, 0.25) is 0 Å². The van der Waals surface area contributed by atoms with E-state index in [1.807, 2.05) is 0 Å². The fourth-order valence-electron chi connectivity index (χ4n) is 1.48. The van der Waals surface area contributed by atoms with E-state index in [0.717, 1.165) is 0 Å². The van der Waals surface area contributed by atoms with Gasteiger partial charge in [0.25, 0.3) is 0 Å². The molecule has 0 aromatic heterocycles. The molecule has 0 saturated heterocycles. The number of benzene rings is 1. The highest BCUT2D eigenvalue weighted by atomic mass is 19.2. The van der Waals surface area contributed by atoms with Gasteiger partial charge >= 0.3 is 0 Å². The Morgan fingerprint density at radius 1 is 1.06 bits per heavy atom. The maximum atomic E-state index is 13.4. The van der Waals surface area contributed by atoms with Gasteiger partial charge in [-0.05, 0) is 13.8 Å². The molecule has 0 heterocycles. The minimum Gasteiger partial charge on any atom is -0.357 e. The molecule has 1 rings (SSSR count). The highest BCUT2D eigenvalue weighted by molar-refractivity contribution is 5.96. The first kappa shape index (κ1) is 13.5. The maximum Gasteiger partial charge on any atom is 0.195 e. The predicted octanol–water partition coefficient (Wildman–Crippen LogP) is 2.91. The van der Waals surface area contributed by atoms with Crippen molar-refractivity contribution in [1.29, 1.82) is 5.41 Å². The Bertz CT molecular complexity index is 442. The zero-order valence-electron chi connectivity index (χ0n) is 9.45. The summed E-state index contributed by atoms with van der Waals surface area (Å²) in [6, 6.07) is 0.242. The first-order valence-electron chi connectivity index (χ1n) is 5.10. The highest BCUT2D eigenvalue weighted by Gasteiger charge is 2.24. The molecular weight excluding hydrogens is 236 g/mol. The lowest BCUT2D eigenvalue weighted by atomic mass is 10.1. The van der Waals surface area contributed by atoms with Gasteiger partial charge in [0.15, 0.2) is 17.5 Å². The SMILES string of the molecule is CCN(CC)C(=N)c1c(F)cc(F)c(F)c1F. The van der Waals surface area contributed by atoms with Crippen LogP contribution in [0.15, 0.2) is 6.07 Å². The van der Waals surface area contributed by atoms with Gasteiger partial charge in [0, 0.05) is 19.2 Å². The van der Waals surface area contributed by atoms with Crippen molar-refractivity contribution in [3.05, 3.63) is 34.9 Å². The van der Waals surface area contributed by atoms with Crippen LogP contribution in [-0.4, -0.2) is 23.8 Å². The molecule has 0 amide bonds. The number of hydrogen-bond donors (Lipinski definition) is 1. The van der Waals surface area contributed by atoms with Gasteiger partial charge in [-0.15, -0.1) is 0 Å². The van der Waals surface area contributed by atoms with Crippen molar-refractivity contribution in [3.63, 3.8) is 0 Å². The normalized spacial score (nSPS) is 10.5. The lowest BCUT2D eigenvalue weighted by Crippen LogP contribution is -2.32. The summed E-state index contributed by atoms with van der Waals surface area (Å²) in [4.78, 5) is 1.33. The quantitative estimate of drug-likeness (QED) is 0.287. The summed E-state index contributed by atoms with van der Waals surface area (Å²) in [5.74, 6) is -6.81. The Hall–Kier alpha value is -1.59. The molecule has 1 N–H and O–H groups in total. The van der Waals surface area contributed by atoms with Crippen molar-refractivity contribution >= 4 is 5.84 Å². The molecule has 0 unspecified atom stereocenters. The zero-order chi connectivity index (χ0) is 13.2. The molecule has 0 fully saturated rings. The van der Waals surface area contributed by atoms with Crippen LogP contribution in [0.4, 0.5) is 17.6 Å². The van der Waals surface area contributed by atoms with Gasteiger partial charge in [-0.1, -0.05) is 0 Å². The Balaban J connectivity index is 3.32. The van der Waals surface area contributed by atoms with Crippen molar-refractivity contribution < 1.29 is 17.6 Å². The van der Waals surface area contributed by atoms with Gasteiger partial charge in [-0.25, -0.2) is 17.6 Å². The molecule has 17 heavy (non-hydrogen) atoms. The highest BCUT2D eigenvalue weighted by Crippen LogP contribution is 2.20. The van der Waals surface area contributed by atoms with Crippen molar-refractivity contribution in [2.45, 2.75) is 13.8 Å². The van der Waals surface area contributed by atoms with Crippen molar-refractivity contribution in [1.82, 2.24) is 4.90 Å². The lowest BCUT2D eigenvalue weighted by Gasteiger charge is -2.22. The summed E-state index contributed by atoms with van der Waals surface area (Å²) in [6.45, 7) is 4.06. The fraction of sp³-hybridized carbons (Fsp3) is 0.364. The second kappa shape index (κ2) is 5.16. The molecule has 0 atom stereocenters. The molecule has 0 saturated carbocycles. The van der Waals surface area contributed by atoms with E-state index in [0.29, 0.717) is 13.1 Å². The van der Waals surface area contributed by atoms with Gasteiger partial charge in [-0.3, -0.25) is 5.41 Å². The van der Waals surface area contributed by atoms with E-state index in [2.05, 4.69) is 0 Å². The second-order valence-electron chi connectivity index (χ2n) is 3.36. The molecule has 0 spiro atoms. The molecule has 0 aliphatic heterocycles. The van der Waals surface area contributed by atoms with E-state index in [9.17, 15) is 17.6 Å². The van der Waals surface area contributed by atoms with Crippen LogP contribution >= 0.6 is 0 Å². The van der Waals surface area contributed by atoms with Crippen LogP contribution < -0.4 is 0 Å². The van der Waals surface area contributed by atoms with E-state index in [1.54, 1.807) is 13.8 Å². The average molecular weight is 248 g/mol. The van der Waals surface area contributed by atoms with E-state index in [1.165, 1.54) is 4.90 Å². The summed E-state index contributed by atoms with van der Waals surface area (Å²) in [6.07, 6.45) is 0. The van der Waals surface area contributed by atoms with Gasteiger partial charge in [-0.2, -0.15) is 0 Å². The minimum absolute atomic E-state index is 0.242. The third-order valence-corrected chi connectivity index (χ3v) is 2.43. The van der Waals surface area contributed by atoms with Gasteiger partial charge < -0.3 is 4.90 Å². The molecular formula is C11H12F4N2. The smallest absolute Gasteiger partial charge is 0.195 e. The standard InChI is InChI=1S/C11H12F4N2/c1-3-17(4-2)11(16)8-6(12)5-7(13)9(14)10(8)15/h5,16H,3-4H2,1-2H3. The van der Waals surface area contributed by atoms with Crippen LogP contribution in [-0.2, 0) is 0 Å². The van der Waals surface area contributed by atoms with Crippen molar-refractivity contribution in [2.24, 2.45) is 0 Å². The van der Waals surface area contributed by atoms with Crippen LogP contribution in [0.5, 0.6) is 0 Å². The molecule has 0 aliphatic carbocycles. The number of nitrogens with zero attached hydrogens (tertiary/aromatic N) is 1. The van der Waals surface area contributed by atoms with Crippen LogP contribution in [0, 0.1) is 28.7 Å². The Kier molecular flexibility index (Phi) is 4.09.